The van der Waals surface area contributed by atoms with Gasteiger partial charge in [0, 0.05) is 5.92 Å². The van der Waals surface area contributed by atoms with Gasteiger partial charge in [-0.3, -0.25) is 0 Å². The number of hydrogen-bond donors (Lipinski definition) is 0. The molecule has 3 rings (SSSR count). The third-order valence-corrected chi connectivity index (χ3v) is 5.13. The van der Waals surface area contributed by atoms with Crippen LogP contribution in [0.1, 0.15) is 54.7 Å². The molecule has 1 atom stereocenters. The molecule has 1 aliphatic rings. The summed E-state index contributed by atoms with van der Waals surface area (Å²) in [6, 6.07) is 8.55. The van der Waals surface area contributed by atoms with Gasteiger partial charge in [-0.15, -0.1) is 0 Å². The minimum Gasteiger partial charge on any atom is -0.236 e. The summed E-state index contributed by atoms with van der Waals surface area (Å²) in [5, 5.41) is 0.517. The number of halogens is 2. The summed E-state index contributed by atoms with van der Waals surface area (Å²) >= 11 is 9.77. The number of benzene rings is 1. The van der Waals surface area contributed by atoms with E-state index >= 15 is 0 Å². The molecule has 0 bridgehead atoms. The molecule has 0 radical (unpaired) electrons. The summed E-state index contributed by atoms with van der Waals surface area (Å²) in [4.78, 5) is 9.28. The van der Waals surface area contributed by atoms with Crippen LogP contribution in [0, 0.1) is 0 Å². The number of aryl methyl sites for hydroxylation is 1. The van der Waals surface area contributed by atoms with E-state index in [1.54, 1.807) is 0 Å². The highest BCUT2D eigenvalue weighted by atomic mass is 79.9. The monoisotopic (exact) mass is 350 g/mol. The molecule has 0 fully saturated rings. The van der Waals surface area contributed by atoms with Gasteiger partial charge < -0.3 is 0 Å². The Morgan fingerprint density at radius 2 is 2.00 bits per heavy atom. The molecule has 1 aromatic heterocycles. The molecule has 0 N–H and O–H groups in total. The zero-order chi connectivity index (χ0) is 14.3. The van der Waals surface area contributed by atoms with Gasteiger partial charge in [-0.05, 0) is 45.8 Å². The molecule has 20 heavy (non-hydrogen) atoms. The fraction of sp³-hybridized carbons (Fsp3) is 0.375. The van der Waals surface area contributed by atoms with Crippen LogP contribution in [0.3, 0.4) is 0 Å². The van der Waals surface area contributed by atoms with E-state index in [1.807, 2.05) is 0 Å². The van der Waals surface area contributed by atoms with Crippen molar-refractivity contribution in [2.75, 3.05) is 0 Å². The predicted molar refractivity (Wildman–Crippen MR) is 85.4 cm³/mol. The Kier molecular flexibility index (Phi) is 3.83. The Morgan fingerprint density at radius 3 is 2.75 bits per heavy atom. The lowest BCUT2D eigenvalue weighted by Gasteiger charge is -2.15. The Labute approximate surface area is 132 Å². The van der Waals surface area contributed by atoms with Gasteiger partial charge in [0.1, 0.15) is 11.0 Å². The van der Waals surface area contributed by atoms with Crippen molar-refractivity contribution in [1.29, 1.82) is 0 Å². The van der Waals surface area contributed by atoms with Gasteiger partial charge in [-0.1, -0.05) is 49.7 Å². The molecule has 0 spiro atoms. The number of rotatable bonds is 2. The molecule has 0 amide bonds. The molecule has 4 heteroatoms. The van der Waals surface area contributed by atoms with Crippen molar-refractivity contribution in [3.8, 4) is 0 Å². The van der Waals surface area contributed by atoms with Crippen LogP contribution in [0.25, 0.3) is 0 Å². The van der Waals surface area contributed by atoms with Crippen molar-refractivity contribution < 1.29 is 0 Å². The molecule has 0 saturated heterocycles. The summed E-state index contributed by atoms with van der Waals surface area (Å²) < 4.78 is 0.823. The molecule has 0 aliphatic heterocycles. The average Bonchev–Trinajstić information content (AvgIpc) is 2.85. The second-order valence-electron chi connectivity index (χ2n) is 5.52. The van der Waals surface area contributed by atoms with Crippen LogP contribution < -0.4 is 0 Å². The van der Waals surface area contributed by atoms with Crippen LogP contribution in [0.4, 0.5) is 0 Å². The van der Waals surface area contributed by atoms with Gasteiger partial charge in [0.15, 0.2) is 0 Å². The molecule has 0 saturated carbocycles. The highest BCUT2D eigenvalue weighted by molar-refractivity contribution is 9.10. The van der Waals surface area contributed by atoms with E-state index in [0.29, 0.717) is 11.1 Å². The Balaban J connectivity index is 2.08. The first-order valence-corrected chi connectivity index (χ1v) is 8.05. The van der Waals surface area contributed by atoms with Crippen LogP contribution in [-0.4, -0.2) is 9.97 Å². The fourth-order valence-electron chi connectivity index (χ4n) is 2.82. The first kappa shape index (κ1) is 14.0. The lowest BCUT2D eigenvalue weighted by molar-refractivity contribution is 0.700. The minimum atomic E-state index is 0.272. The first-order chi connectivity index (χ1) is 9.58. The van der Waals surface area contributed by atoms with E-state index in [9.17, 15) is 0 Å². The van der Waals surface area contributed by atoms with Gasteiger partial charge in [-0.25, -0.2) is 9.97 Å². The first-order valence-electron chi connectivity index (χ1n) is 6.88. The average molecular weight is 352 g/mol. The predicted octanol–water partition coefficient (Wildman–Crippen LogP) is 5.09. The maximum atomic E-state index is 6.27. The lowest BCUT2D eigenvalue weighted by atomic mass is 10.00. The van der Waals surface area contributed by atoms with Gasteiger partial charge in [0.05, 0.1) is 10.2 Å². The lowest BCUT2D eigenvalue weighted by Crippen LogP contribution is -2.08. The van der Waals surface area contributed by atoms with Crippen LogP contribution in [0.15, 0.2) is 28.7 Å². The molecular weight excluding hydrogens is 336 g/mol. The SMILES string of the molecule is CC(C)c1nc(C2CCc3ccccc32)nc(Cl)c1Br. The zero-order valence-corrected chi connectivity index (χ0v) is 13.9. The standard InChI is InChI=1S/C16H16BrClN2/c1-9(2)14-13(17)15(18)20-16(19-14)12-8-7-10-5-3-4-6-11(10)12/h3-6,9,12H,7-8H2,1-2H3. The number of nitrogens with zero attached hydrogens (tertiary/aromatic N) is 2. The summed E-state index contributed by atoms with van der Waals surface area (Å²) in [5.41, 5.74) is 3.75. The van der Waals surface area contributed by atoms with Crippen LogP contribution in [-0.2, 0) is 6.42 Å². The molecule has 1 aliphatic carbocycles. The highest BCUT2D eigenvalue weighted by Crippen LogP contribution is 2.38. The summed E-state index contributed by atoms with van der Waals surface area (Å²) in [7, 11) is 0. The van der Waals surface area contributed by atoms with E-state index < -0.39 is 0 Å². The van der Waals surface area contributed by atoms with Gasteiger partial charge in [0.25, 0.3) is 0 Å². The minimum absolute atomic E-state index is 0.272. The quantitative estimate of drug-likeness (QED) is 0.704. The Bertz CT molecular complexity index is 655. The molecule has 1 aromatic carbocycles. The normalized spacial score (nSPS) is 17.6. The fourth-order valence-corrected chi connectivity index (χ4v) is 3.64. The molecule has 1 unspecified atom stereocenters. The van der Waals surface area contributed by atoms with E-state index in [4.69, 9.17) is 16.6 Å². The third-order valence-electron chi connectivity index (χ3n) is 3.85. The van der Waals surface area contributed by atoms with E-state index in [2.05, 4.69) is 59.0 Å². The van der Waals surface area contributed by atoms with Crippen molar-refractivity contribution in [3.63, 3.8) is 0 Å². The van der Waals surface area contributed by atoms with Crippen LogP contribution in [0.2, 0.25) is 5.15 Å². The molecule has 104 valence electrons. The maximum absolute atomic E-state index is 6.27. The number of fused-ring (bicyclic) bond motifs is 1. The smallest absolute Gasteiger partial charge is 0.147 e. The van der Waals surface area contributed by atoms with Crippen molar-refractivity contribution in [2.24, 2.45) is 0 Å². The van der Waals surface area contributed by atoms with Crippen molar-refractivity contribution in [2.45, 2.75) is 38.5 Å². The van der Waals surface area contributed by atoms with E-state index in [1.165, 1.54) is 11.1 Å². The number of hydrogen-bond acceptors (Lipinski definition) is 2. The number of aromatic nitrogens is 2. The summed E-state index contributed by atoms with van der Waals surface area (Å²) in [6.45, 7) is 4.24. The Hall–Kier alpha value is -0.930. The van der Waals surface area contributed by atoms with Crippen LogP contribution >= 0.6 is 27.5 Å². The van der Waals surface area contributed by atoms with Crippen molar-refractivity contribution >= 4 is 27.5 Å². The summed E-state index contributed by atoms with van der Waals surface area (Å²) in [6.07, 6.45) is 2.16. The largest absolute Gasteiger partial charge is 0.236 e. The van der Waals surface area contributed by atoms with E-state index in [-0.39, 0.29) is 5.92 Å². The molecular formula is C16H16BrClN2. The topological polar surface area (TPSA) is 25.8 Å². The maximum Gasteiger partial charge on any atom is 0.147 e. The molecule has 1 heterocycles. The zero-order valence-electron chi connectivity index (χ0n) is 11.5. The summed E-state index contributed by atoms with van der Waals surface area (Å²) in [5.74, 6) is 1.45. The third kappa shape index (κ3) is 2.38. The Morgan fingerprint density at radius 1 is 1.25 bits per heavy atom. The second-order valence-corrected chi connectivity index (χ2v) is 6.67. The molecule has 2 aromatic rings. The van der Waals surface area contributed by atoms with Crippen LogP contribution in [0.5, 0.6) is 0 Å². The van der Waals surface area contributed by atoms with Crippen molar-refractivity contribution in [1.82, 2.24) is 9.97 Å². The molecule has 2 nitrogen and oxygen atoms in total. The van der Waals surface area contributed by atoms with E-state index in [0.717, 1.165) is 28.8 Å². The van der Waals surface area contributed by atoms with Gasteiger partial charge >= 0.3 is 0 Å². The second kappa shape index (κ2) is 5.45. The van der Waals surface area contributed by atoms with Gasteiger partial charge in [-0.2, -0.15) is 0 Å². The van der Waals surface area contributed by atoms with Crippen molar-refractivity contribution in [3.05, 3.63) is 56.5 Å². The van der Waals surface area contributed by atoms with Gasteiger partial charge in [0.2, 0.25) is 0 Å². The highest BCUT2D eigenvalue weighted by Gasteiger charge is 2.27.